The molecule has 160 valence electrons. The summed E-state index contributed by atoms with van der Waals surface area (Å²) in [5.41, 5.74) is 2.38. The number of thiocarbonyl (C=S) groups is 1. The molecule has 0 spiro atoms. The first-order valence-electron chi connectivity index (χ1n) is 10.5. The van der Waals surface area contributed by atoms with Crippen LogP contribution in [0.2, 0.25) is 0 Å². The first kappa shape index (κ1) is 20.8. The Bertz CT molecular complexity index is 853. The molecule has 2 aliphatic rings. The van der Waals surface area contributed by atoms with E-state index in [-0.39, 0.29) is 12.8 Å². The van der Waals surface area contributed by atoms with Gasteiger partial charge >= 0.3 is 0 Å². The average molecular weight is 428 g/mol. The van der Waals surface area contributed by atoms with Gasteiger partial charge in [0.1, 0.15) is 5.75 Å². The molecule has 1 saturated heterocycles. The number of nitrogens with zero attached hydrogens (tertiary/aromatic N) is 1. The number of piperidine rings is 1. The average Bonchev–Trinajstić information content (AvgIpc) is 3.27. The first-order valence-corrected chi connectivity index (χ1v) is 10.9. The maximum atomic E-state index is 5.55. The van der Waals surface area contributed by atoms with Crippen LogP contribution in [0.25, 0.3) is 0 Å². The van der Waals surface area contributed by atoms with E-state index < -0.39 is 0 Å². The van der Waals surface area contributed by atoms with Gasteiger partial charge in [-0.15, -0.1) is 0 Å². The van der Waals surface area contributed by atoms with Crippen LogP contribution in [0.4, 0.5) is 0 Å². The van der Waals surface area contributed by atoms with Crippen LogP contribution in [0.1, 0.15) is 36.4 Å². The predicted octanol–water partition coefficient (Wildman–Crippen LogP) is 3.62. The van der Waals surface area contributed by atoms with E-state index in [1.807, 2.05) is 30.3 Å². The Morgan fingerprint density at radius 3 is 2.57 bits per heavy atom. The van der Waals surface area contributed by atoms with Crippen LogP contribution < -0.4 is 24.8 Å². The number of likely N-dealkylation sites (tertiary alicyclic amines) is 1. The second-order valence-electron chi connectivity index (χ2n) is 7.64. The molecule has 0 radical (unpaired) electrons. The normalized spacial score (nSPS) is 16.7. The second-order valence-corrected chi connectivity index (χ2v) is 8.05. The van der Waals surface area contributed by atoms with Crippen molar-refractivity contribution in [2.75, 3.05) is 33.5 Å². The highest BCUT2D eigenvalue weighted by atomic mass is 32.1. The van der Waals surface area contributed by atoms with E-state index in [0.717, 1.165) is 42.4 Å². The Labute approximate surface area is 183 Å². The van der Waals surface area contributed by atoms with Crippen LogP contribution in [-0.4, -0.2) is 43.5 Å². The van der Waals surface area contributed by atoms with E-state index in [4.69, 9.17) is 26.4 Å². The van der Waals surface area contributed by atoms with E-state index in [2.05, 4.69) is 27.7 Å². The molecule has 6 nitrogen and oxygen atoms in total. The molecule has 2 N–H and O–H groups in total. The molecule has 2 aromatic rings. The first-order chi connectivity index (χ1) is 14.7. The number of hydrogen-bond donors (Lipinski definition) is 2. The van der Waals surface area contributed by atoms with Crippen LogP contribution in [-0.2, 0) is 6.54 Å². The van der Waals surface area contributed by atoms with Gasteiger partial charge < -0.3 is 24.8 Å². The SMILES string of the molecule is COc1ccc([C@@H](CNC(=S)NCc2ccc3c(c2)OCO3)N2CCCCC2)cc1. The molecule has 30 heavy (non-hydrogen) atoms. The smallest absolute Gasteiger partial charge is 0.231 e. The lowest BCUT2D eigenvalue weighted by Crippen LogP contribution is -2.43. The monoisotopic (exact) mass is 427 g/mol. The summed E-state index contributed by atoms with van der Waals surface area (Å²) in [5, 5.41) is 7.38. The number of rotatable bonds is 7. The minimum atomic E-state index is 0.279. The van der Waals surface area contributed by atoms with E-state index in [1.165, 1.54) is 24.8 Å². The fourth-order valence-electron chi connectivity index (χ4n) is 4.00. The summed E-state index contributed by atoms with van der Waals surface area (Å²) in [6, 6.07) is 14.6. The van der Waals surface area contributed by atoms with E-state index >= 15 is 0 Å². The second kappa shape index (κ2) is 10.00. The van der Waals surface area contributed by atoms with Crippen molar-refractivity contribution in [3.05, 3.63) is 53.6 Å². The molecule has 0 aliphatic carbocycles. The third-order valence-corrected chi connectivity index (χ3v) is 5.97. The highest BCUT2D eigenvalue weighted by Crippen LogP contribution is 2.32. The summed E-state index contributed by atoms with van der Waals surface area (Å²) < 4.78 is 16.1. The summed E-state index contributed by atoms with van der Waals surface area (Å²) in [6.45, 7) is 3.93. The van der Waals surface area contributed by atoms with Gasteiger partial charge in [0.15, 0.2) is 16.6 Å². The lowest BCUT2D eigenvalue weighted by molar-refractivity contribution is 0.164. The quantitative estimate of drug-likeness (QED) is 0.655. The van der Waals surface area contributed by atoms with Gasteiger partial charge in [-0.2, -0.15) is 0 Å². The summed E-state index contributed by atoms with van der Waals surface area (Å²) in [5.74, 6) is 2.46. The van der Waals surface area contributed by atoms with Crippen LogP contribution in [0.5, 0.6) is 17.2 Å². The van der Waals surface area contributed by atoms with Crippen LogP contribution in [0, 0.1) is 0 Å². The van der Waals surface area contributed by atoms with Gasteiger partial charge in [-0.05, 0) is 73.5 Å². The van der Waals surface area contributed by atoms with Crippen molar-refractivity contribution in [3.8, 4) is 17.2 Å². The van der Waals surface area contributed by atoms with Gasteiger partial charge in [-0.3, -0.25) is 4.90 Å². The zero-order valence-electron chi connectivity index (χ0n) is 17.4. The Morgan fingerprint density at radius 1 is 1.03 bits per heavy atom. The summed E-state index contributed by atoms with van der Waals surface area (Å²) in [4.78, 5) is 2.55. The molecule has 2 aromatic carbocycles. The third-order valence-electron chi connectivity index (χ3n) is 5.68. The largest absolute Gasteiger partial charge is 0.497 e. The van der Waals surface area contributed by atoms with Crippen LogP contribution in [0.15, 0.2) is 42.5 Å². The fourth-order valence-corrected chi connectivity index (χ4v) is 4.15. The minimum Gasteiger partial charge on any atom is -0.497 e. The Morgan fingerprint density at radius 2 is 1.80 bits per heavy atom. The van der Waals surface area contributed by atoms with Gasteiger partial charge in [0.2, 0.25) is 6.79 Å². The number of fused-ring (bicyclic) bond motifs is 1. The Kier molecular flexibility index (Phi) is 6.92. The van der Waals surface area contributed by atoms with E-state index in [9.17, 15) is 0 Å². The molecule has 1 atom stereocenters. The van der Waals surface area contributed by atoms with Crippen molar-refractivity contribution in [2.24, 2.45) is 0 Å². The summed E-state index contributed by atoms with van der Waals surface area (Å²) in [7, 11) is 1.70. The standard InChI is InChI=1S/C23H29N3O3S/c1-27-19-8-6-18(7-9-19)20(26-11-3-2-4-12-26)15-25-23(30)24-14-17-5-10-21-22(13-17)29-16-28-21/h5-10,13,20H,2-4,11-12,14-16H2,1H3,(H2,24,25,30)/t20-/m1/s1. The fraction of sp³-hybridized carbons (Fsp3) is 0.435. The van der Waals surface area contributed by atoms with Crippen molar-refractivity contribution < 1.29 is 14.2 Å². The topological polar surface area (TPSA) is 55.0 Å². The highest BCUT2D eigenvalue weighted by molar-refractivity contribution is 7.80. The molecule has 0 amide bonds. The summed E-state index contributed by atoms with van der Waals surface area (Å²) >= 11 is 5.55. The third kappa shape index (κ3) is 5.15. The molecule has 0 aromatic heterocycles. The highest BCUT2D eigenvalue weighted by Gasteiger charge is 2.22. The lowest BCUT2D eigenvalue weighted by Gasteiger charge is -2.35. The van der Waals surface area contributed by atoms with Crippen LogP contribution in [0.3, 0.4) is 0 Å². The lowest BCUT2D eigenvalue weighted by atomic mass is 10.0. The maximum absolute atomic E-state index is 5.55. The number of ether oxygens (including phenoxy) is 3. The van der Waals surface area contributed by atoms with Crippen molar-refractivity contribution in [1.82, 2.24) is 15.5 Å². The molecule has 1 fully saturated rings. The summed E-state index contributed by atoms with van der Waals surface area (Å²) in [6.07, 6.45) is 3.81. The van der Waals surface area contributed by atoms with E-state index in [1.54, 1.807) is 7.11 Å². The maximum Gasteiger partial charge on any atom is 0.231 e. The minimum absolute atomic E-state index is 0.279. The predicted molar refractivity (Wildman–Crippen MR) is 121 cm³/mol. The molecule has 4 rings (SSSR count). The zero-order valence-corrected chi connectivity index (χ0v) is 18.2. The zero-order chi connectivity index (χ0) is 20.8. The Hall–Kier alpha value is -2.51. The molecule has 2 aliphatic heterocycles. The van der Waals surface area contributed by atoms with Crippen molar-refractivity contribution in [1.29, 1.82) is 0 Å². The van der Waals surface area contributed by atoms with Crippen molar-refractivity contribution >= 4 is 17.3 Å². The van der Waals surface area contributed by atoms with Gasteiger partial charge in [0, 0.05) is 13.1 Å². The number of nitrogens with one attached hydrogen (secondary N) is 2. The molecular weight excluding hydrogens is 398 g/mol. The van der Waals surface area contributed by atoms with Crippen molar-refractivity contribution in [2.45, 2.75) is 31.8 Å². The number of hydrogen-bond acceptors (Lipinski definition) is 5. The van der Waals surface area contributed by atoms with Crippen LogP contribution >= 0.6 is 12.2 Å². The van der Waals surface area contributed by atoms with Gasteiger partial charge in [0.25, 0.3) is 0 Å². The van der Waals surface area contributed by atoms with Gasteiger partial charge in [-0.25, -0.2) is 0 Å². The van der Waals surface area contributed by atoms with Gasteiger partial charge in [-0.1, -0.05) is 24.6 Å². The van der Waals surface area contributed by atoms with E-state index in [0.29, 0.717) is 11.7 Å². The molecule has 0 bridgehead atoms. The van der Waals surface area contributed by atoms with Gasteiger partial charge in [0.05, 0.1) is 13.2 Å². The number of methoxy groups -OCH3 is 1. The molecule has 0 unspecified atom stereocenters. The van der Waals surface area contributed by atoms with Crippen molar-refractivity contribution in [3.63, 3.8) is 0 Å². The molecule has 7 heteroatoms. The molecular formula is C23H29N3O3S. The Balaban J connectivity index is 1.34. The number of benzene rings is 2. The molecule has 2 heterocycles. The molecule has 0 saturated carbocycles.